The predicted molar refractivity (Wildman–Crippen MR) is 97.9 cm³/mol. The second-order valence-corrected chi connectivity index (χ2v) is 6.23. The molecule has 6 nitrogen and oxygen atoms in total. The number of nitrogens with zero attached hydrogens (tertiary/aromatic N) is 5. The van der Waals surface area contributed by atoms with Gasteiger partial charge in [-0.15, -0.1) is 0 Å². The SMILES string of the molecule is NC1CCN(c2ncnc(-c3ccc(-c4ccccc4)nc3)n2)CC1. The minimum Gasteiger partial charge on any atom is -0.341 e. The van der Waals surface area contributed by atoms with E-state index < -0.39 is 0 Å². The molecule has 2 N–H and O–H groups in total. The van der Waals surface area contributed by atoms with Crippen molar-refractivity contribution in [2.75, 3.05) is 18.0 Å². The number of benzene rings is 1. The van der Waals surface area contributed by atoms with Crippen LogP contribution >= 0.6 is 0 Å². The molecule has 1 aliphatic rings. The van der Waals surface area contributed by atoms with E-state index in [1.165, 1.54) is 0 Å². The van der Waals surface area contributed by atoms with Gasteiger partial charge in [0.05, 0.1) is 5.69 Å². The highest BCUT2D eigenvalue weighted by Crippen LogP contribution is 2.21. The van der Waals surface area contributed by atoms with Crippen molar-refractivity contribution in [1.29, 1.82) is 0 Å². The third-order valence-corrected chi connectivity index (χ3v) is 4.47. The van der Waals surface area contributed by atoms with Gasteiger partial charge in [0.25, 0.3) is 0 Å². The molecule has 0 atom stereocenters. The van der Waals surface area contributed by atoms with Gasteiger partial charge in [0.2, 0.25) is 5.95 Å². The molecule has 126 valence electrons. The lowest BCUT2D eigenvalue weighted by Crippen LogP contribution is -2.40. The van der Waals surface area contributed by atoms with E-state index >= 15 is 0 Å². The fourth-order valence-corrected chi connectivity index (χ4v) is 2.98. The van der Waals surface area contributed by atoms with Gasteiger partial charge < -0.3 is 10.6 Å². The standard InChI is InChI=1S/C19H20N6/c20-16-8-10-25(11-9-16)19-23-13-22-18(24-19)15-6-7-17(21-12-15)14-4-2-1-3-5-14/h1-7,12-13,16H,8-11,20H2. The molecule has 1 aromatic carbocycles. The second kappa shape index (κ2) is 6.94. The minimum absolute atomic E-state index is 0.285. The molecule has 0 saturated carbocycles. The van der Waals surface area contributed by atoms with Crippen LogP contribution in [0.1, 0.15) is 12.8 Å². The third-order valence-electron chi connectivity index (χ3n) is 4.47. The van der Waals surface area contributed by atoms with Crippen LogP contribution in [0.4, 0.5) is 5.95 Å². The zero-order valence-electron chi connectivity index (χ0n) is 13.9. The van der Waals surface area contributed by atoms with E-state index in [-0.39, 0.29) is 6.04 Å². The number of pyridine rings is 1. The van der Waals surface area contributed by atoms with Crippen LogP contribution in [-0.4, -0.2) is 39.1 Å². The molecule has 6 heteroatoms. The van der Waals surface area contributed by atoms with E-state index in [1.54, 1.807) is 6.33 Å². The molecule has 1 fully saturated rings. The first kappa shape index (κ1) is 15.7. The Kier molecular flexibility index (Phi) is 4.35. The normalized spacial score (nSPS) is 15.3. The first-order valence-electron chi connectivity index (χ1n) is 8.51. The van der Waals surface area contributed by atoms with Crippen LogP contribution < -0.4 is 10.6 Å². The largest absolute Gasteiger partial charge is 0.341 e. The summed E-state index contributed by atoms with van der Waals surface area (Å²) in [6, 6.07) is 14.4. The van der Waals surface area contributed by atoms with Crippen molar-refractivity contribution in [3.8, 4) is 22.6 Å². The van der Waals surface area contributed by atoms with Crippen LogP contribution in [0.2, 0.25) is 0 Å². The Balaban J connectivity index is 1.57. The lowest BCUT2D eigenvalue weighted by atomic mass is 10.1. The summed E-state index contributed by atoms with van der Waals surface area (Å²) in [5.41, 5.74) is 8.88. The van der Waals surface area contributed by atoms with Gasteiger partial charge in [-0.3, -0.25) is 4.98 Å². The molecule has 0 radical (unpaired) electrons. The average molecular weight is 332 g/mol. The van der Waals surface area contributed by atoms with Gasteiger partial charge in [0.1, 0.15) is 6.33 Å². The van der Waals surface area contributed by atoms with Crippen LogP contribution in [0, 0.1) is 0 Å². The van der Waals surface area contributed by atoms with Crippen LogP contribution in [0.25, 0.3) is 22.6 Å². The highest BCUT2D eigenvalue weighted by molar-refractivity contribution is 5.63. The maximum Gasteiger partial charge on any atom is 0.228 e. The Bertz CT molecular complexity index is 826. The molecule has 0 spiro atoms. The second-order valence-electron chi connectivity index (χ2n) is 6.23. The van der Waals surface area contributed by atoms with Gasteiger partial charge in [-0.05, 0) is 25.0 Å². The summed E-state index contributed by atoms with van der Waals surface area (Å²) in [4.78, 5) is 20.0. The number of rotatable bonds is 3. The summed E-state index contributed by atoms with van der Waals surface area (Å²) >= 11 is 0. The predicted octanol–water partition coefficient (Wildman–Crippen LogP) is 2.53. The van der Waals surface area contributed by atoms with Crippen LogP contribution in [0.3, 0.4) is 0 Å². The number of anilines is 1. The van der Waals surface area contributed by atoms with Crippen molar-refractivity contribution >= 4 is 5.95 Å². The highest BCUT2D eigenvalue weighted by Gasteiger charge is 2.19. The summed E-state index contributed by atoms with van der Waals surface area (Å²) < 4.78 is 0. The Morgan fingerprint density at radius 1 is 0.880 bits per heavy atom. The molecule has 25 heavy (non-hydrogen) atoms. The first-order chi connectivity index (χ1) is 12.3. The monoisotopic (exact) mass is 332 g/mol. The molecule has 1 aliphatic heterocycles. The summed E-state index contributed by atoms with van der Waals surface area (Å²) in [6.45, 7) is 1.77. The molecule has 0 unspecified atom stereocenters. The fourth-order valence-electron chi connectivity index (χ4n) is 2.98. The average Bonchev–Trinajstić information content (AvgIpc) is 2.69. The molecular weight excluding hydrogens is 312 g/mol. The lowest BCUT2D eigenvalue weighted by molar-refractivity contribution is 0.495. The number of aromatic nitrogens is 4. The van der Waals surface area contributed by atoms with Crippen LogP contribution in [0.5, 0.6) is 0 Å². The number of hydrogen-bond acceptors (Lipinski definition) is 6. The molecule has 0 bridgehead atoms. The highest BCUT2D eigenvalue weighted by atomic mass is 15.3. The Morgan fingerprint density at radius 3 is 2.40 bits per heavy atom. The van der Waals surface area contributed by atoms with E-state index in [0.29, 0.717) is 11.8 Å². The lowest BCUT2D eigenvalue weighted by Gasteiger charge is -2.30. The number of nitrogens with two attached hydrogens (primary N) is 1. The molecule has 0 amide bonds. The summed E-state index contributed by atoms with van der Waals surface area (Å²) in [7, 11) is 0. The molecule has 0 aliphatic carbocycles. The molecule has 4 rings (SSSR count). The zero-order valence-corrected chi connectivity index (χ0v) is 13.9. The molecule has 3 heterocycles. The van der Waals surface area contributed by atoms with Crippen molar-refractivity contribution in [1.82, 2.24) is 19.9 Å². The smallest absolute Gasteiger partial charge is 0.228 e. The zero-order chi connectivity index (χ0) is 17.1. The Hall–Kier alpha value is -2.86. The van der Waals surface area contributed by atoms with Gasteiger partial charge in [-0.1, -0.05) is 30.3 Å². The van der Waals surface area contributed by atoms with Crippen LogP contribution in [0.15, 0.2) is 55.0 Å². The Labute approximate surface area is 146 Å². The molecular formula is C19H20N6. The number of hydrogen-bond donors (Lipinski definition) is 1. The fraction of sp³-hybridized carbons (Fsp3) is 0.263. The van der Waals surface area contributed by atoms with E-state index in [4.69, 9.17) is 5.73 Å². The summed E-state index contributed by atoms with van der Waals surface area (Å²) in [5, 5.41) is 0. The minimum atomic E-state index is 0.285. The maximum atomic E-state index is 5.97. The third kappa shape index (κ3) is 3.49. The Morgan fingerprint density at radius 2 is 1.68 bits per heavy atom. The van der Waals surface area contributed by atoms with E-state index in [0.717, 1.165) is 42.8 Å². The first-order valence-corrected chi connectivity index (χ1v) is 8.51. The van der Waals surface area contributed by atoms with Crippen molar-refractivity contribution in [3.05, 3.63) is 55.0 Å². The van der Waals surface area contributed by atoms with Crippen molar-refractivity contribution in [2.24, 2.45) is 5.73 Å². The van der Waals surface area contributed by atoms with Gasteiger partial charge >= 0.3 is 0 Å². The van der Waals surface area contributed by atoms with E-state index in [1.807, 2.05) is 48.7 Å². The van der Waals surface area contributed by atoms with Crippen molar-refractivity contribution in [3.63, 3.8) is 0 Å². The van der Waals surface area contributed by atoms with Gasteiger partial charge in [0, 0.05) is 36.5 Å². The van der Waals surface area contributed by atoms with Crippen LogP contribution in [-0.2, 0) is 0 Å². The summed E-state index contributed by atoms with van der Waals surface area (Å²) in [6.07, 6.45) is 5.31. The van der Waals surface area contributed by atoms with E-state index in [9.17, 15) is 0 Å². The molecule has 3 aromatic rings. The van der Waals surface area contributed by atoms with Gasteiger partial charge in [0.15, 0.2) is 5.82 Å². The van der Waals surface area contributed by atoms with Gasteiger partial charge in [-0.2, -0.15) is 4.98 Å². The maximum absolute atomic E-state index is 5.97. The molecule has 1 saturated heterocycles. The van der Waals surface area contributed by atoms with Crippen molar-refractivity contribution in [2.45, 2.75) is 18.9 Å². The quantitative estimate of drug-likeness (QED) is 0.794. The number of piperidine rings is 1. The van der Waals surface area contributed by atoms with E-state index in [2.05, 4.69) is 24.8 Å². The topological polar surface area (TPSA) is 80.8 Å². The molecule has 2 aromatic heterocycles. The summed E-state index contributed by atoms with van der Waals surface area (Å²) in [5.74, 6) is 1.36. The van der Waals surface area contributed by atoms with Gasteiger partial charge in [-0.25, -0.2) is 9.97 Å². The van der Waals surface area contributed by atoms with Crippen molar-refractivity contribution < 1.29 is 0 Å².